The number of anilines is 2. The van der Waals surface area contributed by atoms with Crippen molar-refractivity contribution in [1.29, 1.82) is 0 Å². The van der Waals surface area contributed by atoms with E-state index in [0.29, 0.717) is 43.4 Å². The van der Waals surface area contributed by atoms with Crippen LogP contribution in [-0.4, -0.2) is 76.0 Å². The van der Waals surface area contributed by atoms with E-state index >= 15 is 0 Å². The van der Waals surface area contributed by atoms with Crippen LogP contribution in [0.5, 0.6) is 11.5 Å². The Morgan fingerprint density at radius 2 is 1.61 bits per heavy atom. The molecule has 1 aromatic heterocycles. The zero-order chi connectivity index (χ0) is 23.6. The van der Waals surface area contributed by atoms with Gasteiger partial charge < -0.3 is 24.6 Å². The molecule has 1 aliphatic heterocycles. The molecule has 1 N–H and O–H groups in total. The summed E-state index contributed by atoms with van der Waals surface area (Å²) in [7, 11) is -0.117. The van der Waals surface area contributed by atoms with E-state index in [1.165, 1.54) is 18.5 Å². The van der Waals surface area contributed by atoms with E-state index in [9.17, 15) is 13.2 Å². The fraction of sp³-hybridized carbons (Fsp3) is 0.318. The normalized spacial score (nSPS) is 14.3. The van der Waals surface area contributed by atoms with Gasteiger partial charge in [-0.15, -0.1) is 0 Å². The van der Waals surface area contributed by atoms with Crippen molar-refractivity contribution < 1.29 is 22.7 Å². The molecule has 1 saturated heterocycles. The van der Waals surface area contributed by atoms with Crippen molar-refractivity contribution in [2.24, 2.45) is 0 Å². The molecule has 0 unspecified atom stereocenters. The number of benzene rings is 2. The number of sulfone groups is 1. The number of nitrogens with one attached hydrogen (secondary N) is 1. The van der Waals surface area contributed by atoms with Crippen molar-refractivity contribution in [3.8, 4) is 11.5 Å². The number of amides is 2. The predicted octanol–water partition coefficient (Wildman–Crippen LogP) is 2.40. The van der Waals surface area contributed by atoms with E-state index in [-0.39, 0.29) is 10.9 Å². The topological polar surface area (TPSA) is 114 Å². The molecule has 1 fully saturated rings. The minimum absolute atomic E-state index is 0.209. The average Bonchev–Trinajstić information content (AvgIpc) is 2.82. The molecule has 11 heteroatoms. The molecule has 0 atom stereocenters. The number of carbonyl (C=O) groups excluding carboxylic acids is 1. The van der Waals surface area contributed by atoms with Crippen LogP contribution in [0.3, 0.4) is 0 Å². The van der Waals surface area contributed by atoms with Gasteiger partial charge >= 0.3 is 6.03 Å². The van der Waals surface area contributed by atoms with E-state index in [4.69, 9.17) is 9.47 Å². The lowest BCUT2D eigenvalue weighted by atomic mass is 10.2. The van der Waals surface area contributed by atoms with Crippen LogP contribution < -0.4 is 19.7 Å². The van der Waals surface area contributed by atoms with Crippen molar-refractivity contribution in [3.63, 3.8) is 0 Å². The molecule has 2 amide bonds. The van der Waals surface area contributed by atoms with Gasteiger partial charge in [-0.05, 0) is 30.3 Å². The van der Waals surface area contributed by atoms with Gasteiger partial charge in [-0.2, -0.15) is 0 Å². The highest BCUT2D eigenvalue weighted by atomic mass is 32.2. The third-order valence-corrected chi connectivity index (χ3v) is 6.65. The van der Waals surface area contributed by atoms with Crippen molar-refractivity contribution in [1.82, 2.24) is 14.9 Å². The lowest BCUT2D eigenvalue weighted by molar-refractivity contribution is 0.208. The number of ether oxygens (including phenoxy) is 2. The van der Waals surface area contributed by atoms with E-state index in [1.807, 2.05) is 12.1 Å². The maximum atomic E-state index is 12.7. The zero-order valence-electron chi connectivity index (χ0n) is 18.6. The molecule has 2 aromatic carbocycles. The summed E-state index contributed by atoms with van der Waals surface area (Å²) in [6, 6.07) is 9.57. The highest BCUT2D eigenvalue weighted by Gasteiger charge is 2.24. The summed E-state index contributed by atoms with van der Waals surface area (Å²) in [6.07, 6.45) is 2.66. The Bertz CT molecular complexity index is 1270. The predicted molar refractivity (Wildman–Crippen MR) is 125 cm³/mol. The van der Waals surface area contributed by atoms with Gasteiger partial charge in [0.1, 0.15) is 12.1 Å². The van der Waals surface area contributed by atoms with Gasteiger partial charge in [-0.25, -0.2) is 23.2 Å². The summed E-state index contributed by atoms with van der Waals surface area (Å²) in [5.74, 6) is 1.97. The van der Waals surface area contributed by atoms with Crippen LogP contribution in [0.2, 0.25) is 0 Å². The number of rotatable bonds is 5. The number of urea groups is 1. The molecule has 33 heavy (non-hydrogen) atoms. The minimum Gasteiger partial charge on any atom is -0.493 e. The van der Waals surface area contributed by atoms with Crippen molar-refractivity contribution >= 4 is 38.3 Å². The molecule has 0 aliphatic carbocycles. The molecule has 3 aromatic rings. The fourth-order valence-corrected chi connectivity index (χ4v) is 4.36. The van der Waals surface area contributed by atoms with Gasteiger partial charge in [-0.3, -0.25) is 0 Å². The standard InChI is InChI=1S/C22H25N5O5S/c1-31-19-12-17-18(13-20(19)32-2)23-14-24-21(17)26-8-10-27(11-9-26)22(28)25-15-4-6-16(7-5-15)33(3,29)30/h4-7,12-14H,8-11H2,1-3H3,(H,25,28). The largest absolute Gasteiger partial charge is 0.493 e. The van der Waals surface area contributed by atoms with Crippen LogP contribution in [0.25, 0.3) is 10.9 Å². The quantitative estimate of drug-likeness (QED) is 0.603. The summed E-state index contributed by atoms with van der Waals surface area (Å²) >= 11 is 0. The third kappa shape index (κ3) is 4.77. The molecule has 0 radical (unpaired) electrons. The Balaban J connectivity index is 1.44. The number of piperazine rings is 1. The second-order valence-electron chi connectivity index (χ2n) is 7.62. The first kappa shape index (κ1) is 22.6. The molecule has 174 valence electrons. The molecule has 10 nitrogen and oxygen atoms in total. The van der Waals surface area contributed by atoms with Gasteiger partial charge in [0, 0.05) is 49.6 Å². The van der Waals surface area contributed by atoms with Crippen LogP contribution in [0, 0.1) is 0 Å². The minimum atomic E-state index is -3.28. The van der Waals surface area contributed by atoms with Crippen LogP contribution >= 0.6 is 0 Å². The molecule has 0 spiro atoms. The smallest absolute Gasteiger partial charge is 0.321 e. The molecule has 0 saturated carbocycles. The second kappa shape index (κ2) is 9.10. The van der Waals surface area contributed by atoms with Gasteiger partial charge in [0.25, 0.3) is 0 Å². The first-order chi connectivity index (χ1) is 15.8. The van der Waals surface area contributed by atoms with E-state index in [0.717, 1.165) is 23.0 Å². The average molecular weight is 472 g/mol. The van der Waals surface area contributed by atoms with Crippen LogP contribution in [0.15, 0.2) is 47.6 Å². The monoisotopic (exact) mass is 471 g/mol. The summed E-state index contributed by atoms with van der Waals surface area (Å²) in [5, 5.41) is 3.67. The van der Waals surface area contributed by atoms with Crippen molar-refractivity contribution in [2.45, 2.75) is 4.90 Å². The summed E-state index contributed by atoms with van der Waals surface area (Å²) in [6.45, 7) is 2.21. The maximum Gasteiger partial charge on any atom is 0.321 e. The van der Waals surface area contributed by atoms with E-state index in [1.54, 1.807) is 31.3 Å². The van der Waals surface area contributed by atoms with Gasteiger partial charge in [0.15, 0.2) is 21.3 Å². The lowest BCUT2D eigenvalue weighted by Crippen LogP contribution is -2.50. The Kier molecular flexibility index (Phi) is 6.23. The molecule has 2 heterocycles. The Hall–Kier alpha value is -3.60. The SMILES string of the molecule is COc1cc2ncnc(N3CCN(C(=O)Nc4ccc(S(C)(=O)=O)cc4)CC3)c2cc1OC. The van der Waals surface area contributed by atoms with Crippen LogP contribution in [-0.2, 0) is 9.84 Å². The number of methoxy groups -OCH3 is 2. The Morgan fingerprint density at radius 3 is 2.21 bits per heavy atom. The molecular formula is C22H25N5O5S. The molecule has 0 bridgehead atoms. The fourth-order valence-electron chi connectivity index (χ4n) is 3.73. The number of hydrogen-bond acceptors (Lipinski definition) is 8. The third-order valence-electron chi connectivity index (χ3n) is 5.52. The number of fused-ring (bicyclic) bond motifs is 1. The van der Waals surface area contributed by atoms with Crippen molar-refractivity contribution in [2.75, 3.05) is 56.9 Å². The highest BCUT2D eigenvalue weighted by molar-refractivity contribution is 7.90. The second-order valence-corrected chi connectivity index (χ2v) is 9.64. The number of nitrogens with zero attached hydrogens (tertiary/aromatic N) is 4. The highest BCUT2D eigenvalue weighted by Crippen LogP contribution is 2.34. The number of hydrogen-bond donors (Lipinski definition) is 1. The molecule has 1 aliphatic rings. The maximum absolute atomic E-state index is 12.7. The van der Waals surface area contributed by atoms with E-state index < -0.39 is 9.84 Å². The van der Waals surface area contributed by atoms with Gasteiger partial charge in [0.2, 0.25) is 0 Å². The Morgan fingerprint density at radius 1 is 0.970 bits per heavy atom. The van der Waals surface area contributed by atoms with Gasteiger partial charge in [0.05, 0.1) is 24.6 Å². The number of carbonyl (C=O) groups is 1. The summed E-state index contributed by atoms with van der Waals surface area (Å²) in [5.41, 5.74) is 1.29. The lowest BCUT2D eigenvalue weighted by Gasteiger charge is -2.35. The molecular weight excluding hydrogens is 446 g/mol. The molecule has 4 rings (SSSR count). The summed E-state index contributed by atoms with van der Waals surface area (Å²) in [4.78, 5) is 25.5. The zero-order valence-corrected chi connectivity index (χ0v) is 19.4. The van der Waals surface area contributed by atoms with Gasteiger partial charge in [-0.1, -0.05) is 0 Å². The Labute approximate surface area is 192 Å². The number of aromatic nitrogens is 2. The van der Waals surface area contributed by atoms with E-state index in [2.05, 4.69) is 20.2 Å². The first-order valence-electron chi connectivity index (χ1n) is 10.3. The summed E-state index contributed by atoms with van der Waals surface area (Å²) < 4.78 is 34.0. The first-order valence-corrected chi connectivity index (χ1v) is 12.2. The van der Waals surface area contributed by atoms with Crippen LogP contribution in [0.4, 0.5) is 16.3 Å². The van der Waals surface area contributed by atoms with Crippen molar-refractivity contribution in [3.05, 3.63) is 42.7 Å². The van der Waals surface area contributed by atoms with Crippen LogP contribution in [0.1, 0.15) is 0 Å².